The van der Waals surface area contributed by atoms with E-state index in [9.17, 15) is 9.59 Å². The number of nitrogens with one attached hydrogen (secondary N) is 1. The Bertz CT molecular complexity index is 786. The summed E-state index contributed by atoms with van der Waals surface area (Å²) in [7, 11) is 0. The second kappa shape index (κ2) is 5.74. The lowest BCUT2D eigenvalue weighted by atomic mass is 9.91. The first-order valence-corrected chi connectivity index (χ1v) is 8.19. The molecule has 1 aromatic heterocycles. The van der Waals surface area contributed by atoms with Crippen LogP contribution < -0.4 is 5.32 Å². The molecule has 1 aromatic carbocycles. The van der Waals surface area contributed by atoms with Gasteiger partial charge in [0.25, 0.3) is 5.91 Å². The number of benzene rings is 1. The quantitative estimate of drug-likeness (QED) is 0.890. The molecule has 1 N–H and O–H groups in total. The smallest absolute Gasteiger partial charge is 0.254 e. The molecule has 4 rings (SSSR count). The lowest BCUT2D eigenvalue weighted by Gasteiger charge is -2.36. The van der Waals surface area contributed by atoms with Crippen molar-refractivity contribution in [2.45, 2.75) is 25.8 Å². The molecule has 2 amide bonds. The molecule has 2 aromatic rings. The van der Waals surface area contributed by atoms with Crippen LogP contribution in [-0.4, -0.2) is 50.6 Å². The van der Waals surface area contributed by atoms with E-state index >= 15 is 0 Å². The second-order valence-electron chi connectivity index (χ2n) is 6.40. The van der Waals surface area contributed by atoms with E-state index in [0.717, 1.165) is 24.1 Å². The van der Waals surface area contributed by atoms with E-state index in [1.165, 1.54) is 6.33 Å². The predicted octanol–water partition coefficient (Wildman–Crippen LogP) is 0.926. The molecule has 0 saturated carbocycles. The van der Waals surface area contributed by atoms with E-state index in [-0.39, 0.29) is 23.8 Å². The van der Waals surface area contributed by atoms with Crippen molar-refractivity contribution in [3.8, 4) is 5.69 Å². The molecule has 2 fully saturated rings. The van der Waals surface area contributed by atoms with Crippen molar-refractivity contribution in [3.63, 3.8) is 0 Å². The van der Waals surface area contributed by atoms with Gasteiger partial charge >= 0.3 is 0 Å². The minimum Gasteiger partial charge on any atom is -0.354 e. The van der Waals surface area contributed by atoms with Crippen LogP contribution in [0.2, 0.25) is 0 Å². The fourth-order valence-electron chi connectivity index (χ4n) is 3.75. The summed E-state index contributed by atoms with van der Waals surface area (Å²) < 4.78 is 1.68. The number of rotatable bonds is 2. The van der Waals surface area contributed by atoms with Crippen molar-refractivity contribution < 1.29 is 9.59 Å². The number of hydrogen-bond acceptors (Lipinski definition) is 4. The first-order chi connectivity index (χ1) is 11.6. The molecule has 3 heterocycles. The fourth-order valence-corrected chi connectivity index (χ4v) is 3.75. The SMILES string of the molecule is Cc1cc(C(=O)N2CCC[C@H]3C(=O)NC[C@H]32)ccc1-n1cncn1. The van der Waals surface area contributed by atoms with Crippen LogP contribution in [0.4, 0.5) is 0 Å². The first-order valence-electron chi connectivity index (χ1n) is 8.19. The summed E-state index contributed by atoms with van der Waals surface area (Å²) in [6.07, 6.45) is 4.85. The lowest BCUT2D eigenvalue weighted by molar-refractivity contribution is -0.123. The number of fused-ring (bicyclic) bond motifs is 1. The monoisotopic (exact) mass is 325 g/mol. The molecular weight excluding hydrogens is 306 g/mol. The number of aryl methyl sites for hydroxylation is 1. The van der Waals surface area contributed by atoms with Crippen LogP contribution in [0, 0.1) is 12.8 Å². The molecule has 7 nitrogen and oxygen atoms in total. The van der Waals surface area contributed by atoms with Crippen molar-refractivity contribution in [2.24, 2.45) is 5.92 Å². The first kappa shape index (κ1) is 14.9. The molecule has 2 aliphatic rings. The van der Waals surface area contributed by atoms with Gasteiger partial charge in [0, 0.05) is 18.7 Å². The maximum atomic E-state index is 13.0. The van der Waals surface area contributed by atoms with Gasteiger partial charge in [0.05, 0.1) is 17.6 Å². The lowest BCUT2D eigenvalue weighted by Crippen LogP contribution is -2.48. The topological polar surface area (TPSA) is 80.1 Å². The van der Waals surface area contributed by atoms with Crippen LogP contribution in [0.5, 0.6) is 0 Å². The normalized spacial score (nSPS) is 23.0. The molecule has 7 heteroatoms. The summed E-state index contributed by atoms with van der Waals surface area (Å²) in [5, 5.41) is 7.01. The van der Waals surface area contributed by atoms with Gasteiger partial charge in [0.15, 0.2) is 0 Å². The van der Waals surface area contributed by atoms with Gasteiger partial charge in [-0.25, -0.2) is 9.67 Å². The van der Waals surface area contributed by atoms with E-state index < -0.39 is 0 Å². The van der Waals surface area contributed by atoms with Crippen LogP contribution in [0.1, 0.15) is 28.8 Å². The molecule has 0 aliphatic carbocycles. The molecule has 2 atom stereocenters. The van der Waals surface area contributed by atoms with Crippen molar-refractivity contribution in [1.29, 1.82) is 0 Å². The third-order valence-electron chi connectivity index (χ3n) is 4.97. The maximum absolute atomic E-state index is 13.0. The molecular formula is C17H19N5O2. The minimum atomic E-state index is -0.0572. The molecule has 0 bridgehead atoms. The number of likely N-dealkylation sites (tertiary alicyclic amines) is 1. The van der Waals surface area contributed by atoms with Gasteiger partial charge in [-0.3, -0.25) is 9.59 Å². The van der Waals surface area contributed by atoms with Gasteiger partial charge in [0.2, 0.25) is 5.91 Å². The number of carbonyl (C=O) groups excluding carboxylic acids is 2. The maximum Gasteiger partial charge on any atom is 0.254 e. The number of piperidine rings is 1. The third-order valence-corrected chi connectivity index (χ3v) is 4.97. The van der Waals surface area contributed by atoms with E-state index in [1.807, 2.05) is 30.0 Å². The molecule has 2 aliphatic heterocycles. The summed E-state index contributed by atoms with van der Waals surface area (Å²) in [4.78, 5) is 30.6. The molecule has 124 valence electrons. The van der Waals surface area contributed by atoms with E-state index in [2.05, 4.69) is 15.4 Å². The number of carbonyl (C=O) groups is 2. The summed E-state index contributed by atoms with van der Waals surface area (Å²) in [5.41, 5.74) is 2.51. The number of aromatic nitrogens is 3. The Balaban J connectivity index is 1.60. The summed E-state index contributed by atoms with van der Waals surface area (Å²) >= 11 is 0. The summed E-state index contributed by atoms with van der Waals surface area (Å²) in [5.74, 6) is 0.0165. The average molecular weight is 325 g/mol. The molecule has 0 spiro atoms. The Morgan fingerprint density at radius 1 is 1.38 bits per heavy atom. The van der Waals surface area contributed by atoms with E-state index in [4.69, 9.17) is 0 Å². The standard InChI is InChI=1S/C17H19N5O2/c1-11-7-12(4-5-14(11)22-10-18-9-20-22)17(24)21-6-2-3-13-15(21)8-19-16(13)23/h4-5,7,9-10,13,15H,2-3,6,8H2,1H3,(H,19,23)/t13-,15-/m1/s1. The Morgan fingerprint density at radius 2 is 2.25 bits per heavy atom. The highest BCUT2D eigenvalue weighted by molar-refractivity contribution is 5.96. The zero-order valence-electron chi connectivity index (χ0n) is 13.5. The highest BCUT2D eigenvalue weighted by atomic mass is 16.2. The summed E-state index contributed by atoms with van der Waals surface area (Å²) in [6, 6.07) is 5.57. The van der Waals surface area contributed by atoms with Gasteiger partial charge in [-0.2, -0.15) is 5.10 Å². The van der Waals surface area contributed by atoms with Crippen LogP contribution in [0.3, 0.4) is 0 Å². The van der Waals surface area contributed by atoms with E-state index in [1.54, 1.807) is 11.0 Å². The predicted molar refractivity (Wildman–Crippen MR) is 86.7 cm³/mol. The van der Waals surface area contributed by atoms with Crippen LogP contribution in [-0.2, 0) is 4.79 Å². The van der Waals surface area contributed by atoms with Gasteiger partial charge in [-0.1, -0.05) is 0 Å². The molecule has 0 unspecified atom stereocenters. The van der Waals surface area contributed by atoms with Crippen molar-refractivity contribution >= 4 is 11.8 Å². The number of nitrogens with zero attached hydrogens (tertiary/aromatic N) is 4. The van der Waals surface area contributed by atoms with E-state index in [0.29, 0.717) is 18.7 Å². The van der Waals surface area contributed by atoms with Crippen LogP contribution in [0.25, 0.3) is 5.69 Å². The highest BCUT2D eigenvalue weighted by Gasteiger charge is 2.42. The summed E-state index contributed by atoms with van der Waals surface area (Å²) in [6.45, 7) is 3.22. The third kappa shape index (κ3) is 2.36. The van der Waals surface area contributed by atoms with Gasteiger partial charge in [0.1, 0.15) is 12.7 Å². The van der Waals surface area contributed by atoms with Crippen LogP contribution in [0.15, 0.2) is 30.9 Å². The zero-order valence-corrected chi connectivity index (χ0v) is 13.5. The highest BCUT2D eigenvalue weighted by Crippen LogP contribution is 2.29. The average Bonchev–Trinajstić information content (AvgIpc) is 3.24. The minimum absolute atomic E-state index is 0.00515. The molecule has 2 saturated heterocycles. The Labute approximate surface area is 139 Å². The van der Waals surface area contributed by atoms with Gasteiger partial charge in [-0.05, 0) is 43.5 Å². The zero-order chi connectivity index (χ0) is 16.7. The van der Waals surface area contributed by atoms with Crippen LogP contribution >= 0.6 is 0 Å². The van der Waals surface area contributed by atoms with Crippen molar-refractivity contribution in [1.82, 2.24) is 25.0 Å². The van der Waals surface area contributed by atoms with Gasteiger partial charge in [-0.15, -0.1) is 0 Å². The Kier molecular flexibility index (Phi) is 3.55. The molecule has 0 radical (unpaired) electrons. The number of amides is 2. The number of hydrogen-bond donors (Lipinski definition) is 1. The largest absolute Gasteiger partial charge is 0.354 e. The second-order valence-corrected chi connectivity index (χ2v) is 6.40. The van der Waals surface area contributed by atoms with Crippen molar-refractivity contribution in [2.75, 3.05) is 13.1 Å². The fraction of sp³-hybridized carbons (Fsp3) is 0.412. The van der Waals surface area contributed by atoms with Gasteiger partial charge < -0.3 is 10.2 Å². The van der Waals surface area contributed by atoms with Crippen molar-refractivity contribution in [3.05, 3.63) is 42.0 Å². The molecule has 24 heavy (non-hydrogen) atoms. The Hall–Kier alpha value is -2.70. The Morgan fingerprint density at radius 3 is 3.00 bits per heavy atom.